The average molecular weight is 478 g/mol. The Morgan fingerprint density at radius 3 is 1.31 bits per heavy atom. The maximum absolute atomic E-state index is 6.07. The van der Waals surface area contributed by atoms with Gasteiger partial charge in [-0.3, -0.25) is 0 Å². The first-order valence-corrected chi connectivity index (χ1v) is 13.9. The molecular formula is C26H19BrClP. The number of halogens is 2. The Hall–Kier alpha value is -2.36. The van der Waals surface area contributed by atoms with E-state index in [9.17, 15) is 0 Å². The van der Waals surface area contributed by atoms with Gasteiger partial charge in [0, 0.05) is 0 Å². The molecule has 0 nitrogen and oxygen atoms in total. The van der Waals surface area contributed by atoms with Crippen LogP contribution in [-0.2, 0) is 0 Å². The van der Waals surface area contributed by atoms with Crippen molar-refractivity contribution >= 4 is 48.3 Å². The third kappa shape index (κ3) is 3.65. The molecule has 0 radical (unpaired) electrons. The normalized spacial score (nSPS) is 12.3. The van der Waals surface area contributed by atoms with E-state index in [-0.39, 0.29) is 0 Å². The molecule has 0 fully saturated rings. The average Bonchev–Trinajstić information content (AvgIpc) is 2.80. The van der Waals surface area contributed by atoms with Crippen molar-refractivity contribution in [2.45, 2.75) is 0 Å². The summed E-state index contributed by atoms with van der Waals surface area (Å²) in [6.45, 7) is 0. The minimum absolute atomic E-state index is 0.709. The van der Waals surface area contributed by atoms with Gasteiger partial charge in [-0.2, -0.15) is 0 Å². The Kier molecular flexibility index (Phi) is 5.62. The molecule has 0 bridgehead atoms. The Balaban J connectivity index is 2.09. The fourth-order valence-corrected chi connectivity index (χ4v) is 9.80. The summed E-state index contributed by atoms with van der Waals surface area (Å²) in [4.78, 5) is 0. The monoisotopic (exact) mass is 476 g/mol. The Morgan fingerprint density at radius 2 is 0.931 bits per heavy atom. The van der Waals surface area contributed by atoms with Crippen molar-refractivity contribution in [1.29, 1.82) is 0 Å². The number of hydrogen-bond acceptors (Lipinski definition) is 0. The van der Waals surface area contributed by atoms with Crippen molar-refractivity contribution in [2.75, 3.05) is 0 Å². The molecule has 0 saturated heterocycles. The van der Waals surface area contributed by atoms with Crippen molar-refractivity contribution in [3.05, 3.63) is 126 Å². The first-order valence-electron chi connectivity index (χ1n) is 9.31. The van der Waals surface area contributed by atoms with E-state index in [0.717, 1.165) is 5.56 Å². The van der Waals surface area contributed by atoms with Crippen LogP contribution in [0.2, 0.25) is 5.02 Å². The molecule has 0 aromatic heterocycles. The van der Waals surface area contributed by atoms with Crippen molar-refractivity contribution in [3.63, 3.8) is 0 Å². The van der Waals surface area contributed by atoms with E-state index in [1.54, 1.807) is 0 Å². The van der Waals surface area contributed by atoms with E-state index in [0.29, 0.717) is 5.02 Å². The zero-order valence-electron chi connectivity index (χ0n) is 15.7. The summed E-state index contributed by atoms with van der Waals surface area (Å²) in [5.41, 5.74) is 4.68. The SMILES string of the molecule is Clc1ccc(C#CP(Br)(c2ccccc2)(c2ccccc2)c2ccccc2)cc1. The molecule has 0 saturated carbocycles. The second-order valence-electron chi connectivity index (χ2n) is 6.76. The molecule has 0 N–H and O–H groups in total. The zero-order chi connectivity index (χ0) is 20.2. The van der Waals surface area contributed by atoms with Crippen LogP contribution in [0.25, 0.3) is 0 Å². The molecular weight excluding hydrogens is 459 g/mol. The van der Waals surface area contributed by atoms with E-state index in [4.69, 9.17) is 11.6 Å². The molecule has 4 aromatic carbocycles. The van der Waals surface area contributed by atoms with Gasteiger partial charge in [-0.25, -0.2) is 0 Å². The van der Waals surface area contributed by atoms with Crippen LogP contribution in [0.3, 0.4) is 0 Å². The summed E-state index contributed by atoms with van der Waals surface area (Å²) in [6, 6.07) is 39.3. The summed E-state index contributed by atoms with van der Waals surface area (Å²) in [5.74, 6) is 3.45. The van der Waals surface area contributed by atoms with Crippen molar-refractivity contribution in [3.8, 4) is 11.6 Å². The standard InChI is InChI=1S/C26H19BrClP/c27-29(24-10-4-1-5-11-24,25-12-6-2-7-13-25,26-14-8-3-9-15-26)21-20-22-16-18-23(28)19-17-22/h1-19H. The van der Waals surface area contributed by atoms with Gasteiger partial charge in [-0.15, -0.1) is 0 Å². The molecule has 4 aromatic rings. The number of hydrogen-bond donors (Lipinski definition) is 0. The predicted octanol–water partition coefficient (Wildman–Crippen LogP) is 6.49. The summed E-state index contributed by atoms with van der Waals surface area (Å²) in [6.07, 6.45) is 0. The van der Waals surface area contributed by atoms with Crippen LogP contribution in [0.15, 0.2) is 115 Å². The van der Waals surface area contributed by atoms with E-state index in [1.807, 2.05) is 42.5 Å². The van der Waals surface area contributed by atoms with Crippen molar-refractivity contribution < 1.29 is 0 Å². The first-order chi connectivity index (χ1) is 14.1. The van der Waals surface area contributed by atoms with Gasteiger partial charge in [-0.1, -0.05) is 0 Å². The Labute approximate surface area is 185 Å². The molecule has 0 atom stereocenters. The second-order valence-corrected chi connectivity index (χ2v) is 15.2. The van der Waals surface area contributed by atoms with Gasteiger partial charge in [0.15, 0.2) is 0 Å². The third-order valence-corrected chi connectivity index (χ3v) is 13.8. The molecule has 0 amide bonds. The molecule has 0 aliphatic rings. The van der Waals surface area contributed by atoms with Crippen LogP contribution < -0.4 is 15.9 Å². The van der Waals surface area contributed by atoms with Gasteiger partial charge >= 0.3 is 186 Å². The topological polar surface area (TPSA) is 0 Å². The van der Waals surface area contributed by atoms with Gasteiger partial charge in [-0.05, 0) is 0 Å². The predicted molar refractivity (Wildman–Crippen MR) is 132 cm³/mol. The number of benzene rings is 4. The molecule has 0 aliphatic heterocycles. The minimum atomic E-state index is -3.22. The van der Waals surface area contributed by atoms with Crippen molar-refractivity contribution in [1.82, 2.24) is 0 Å². The van der Waals surface area contributed by atoms with Crippen LogP contribution >= 0.6 is 32.4 Å². The summed E-state index contributed by atoms with van der Waals surface area (Å²) >= 11 is 10.4. The molecule has 0 unspecified atom stereocenters. The van der Waals surface area contributed by atoms with E-state index in [1.165, 1.54) is 15.9 Å². The third-order valence-electron chi connectivity index (χ3n) is 4.98. The molecule has 4 rings (SSSR count). The van der Waals surface area contributed by atoms with E-state index < -0.39 is 5.31 Å². The van der Waals surface area contributed by atoms with Crippen LogP contribution in [0.5, 0.6) is 0 Å². The molecule has 3 heteroatoms. The quantitative estimate of drug-likeness (QED) is 0.234. The molecule has 29 heavy (non-hydrogen) atoms. The summed E-state index contributed by atoms with van der Waals surface area (Å²) in [7, 11) is 0. The fraction of sp³-hybridized carbons (Fsp3) is 0. The molecule has 0 spiro atoms. The van der Waals surface area contributed by atoms with Crippen LogP contribution in [0.4, 0.5) is 0 Å². The van der Waals surface area contributed by atoms with Gasteiger partial charge in [0.2, 0.25) is 0 Å². The van der Waals surface area contributed by atoms with E-state index >= 15 is 0 Å². The number of rotatable bonds is 3. The van der Waals surface area contributed by atoms with E-state index in [2.05, 4.69) is 99.9 Å². The summed E-state index contributed by atoms with van der Waals surface area (Å²) < 4.78 is 0. The molecule has 0 aliphatic carbocycles. The van der Waals surface area contributed by atoms with Crippen LogP contribution in [0.1, 0.15) is 5.56 Å². The zero-order valence-corrected chi connectivity index (χ0v) is 18.9. The second kappa shape index (κ2) is 8.17. The van der Waals surface area contributed by atoms with Gasteiger partial charge in [0.05, 0.1) is 0 Å². The molecule has 0 heterocycles. The van der Waals surface area contributed by atoms with Crippen molar-refractivity contribution in [2.24, 2.45) is 0 Å². The first kappa shape index (κ1) is 19.9. The van der Waals surface area contributed by atoms with Gasteiger partial charge in [0.1, 0.15) is 0 Å². The molecule has 142 valence electrons. The van der Waals surface area contributed by atoms with Crippen LogP contribution in [-0.4, -0.2) is 0 Å². The fourth-order valence-electron chi connectivity index (χ4n) is 3.47. The Morgan fingerprint density at radius 1 is 0.552 bits per heavy atom. The summed E-state index contributed by atoms with van der Waals surface area (Å²) in [5, 5.41) is 1.03. The van der Waals surface area contributed by atoms with Gasteiger partial charge < -0.3 is 0 Å². The maximum atomic E-state index is 6.07. The van der Waals surface area contributed by atoms with Crippen LogP contribution in [0, 0.1) is 11.6 Å². The Bertz CT molecular complexity index is 1060. The van der Waals surface area contributed by atoms with Gasteiger partial charge in [0.25, 0.3) is 0 Å².